The van der Waals surface area contributed by atoms with E-state index in [4.69, 9.17) is 0 Å². The number of amidine groups is 1. The fraction of sp³-hybridized carbons (Fsp3) is 0.579. The lowest BCUT2D eigenvalue weighted by Gasteiger charge is -2.30. The molecule has 164 valence electrons. The van der Waals surface area contributed by atoms with E-state index in [1.54, 1.807) is 17.0 Å². The number of carbonyl (C=O) groups excluding carboxylic acids is 1. The van der Waals surface area contributed by atoms with Crippen molar-refractivity contribution in [1.29, 1.82) is 0 Å². The highest BCUT2D eigenvalue weighted by atomic mass is 32.2. The minimum absolute atomic E-state index is 0.0617. The van der Waals surface area contributed by atoms with Crippen LogP contribution in [0, 0.1) is 0 Å². The maximum Gasteiger partial charge on any atom is 0.286 e. The topological polar surface area (TPSA) is 107 Å². The minimum Gasteiger partial charge on any atom is -0.337 e. The summed E-state index contributed by atoms with van der Waals surface area (Å²) in [5, 5.41) is 0. The number of hydrogen-bond donors (Lipinski definition) is 0. The average molecular weight is 455 g/mol. The second kappa shape index (κ2) is 7.93. The summed E-state index contributed by atoms with van der Waals surface area (Å²) in [4.78, 5) is 16.7. The van der Waals surface area contributed by atoms with E-state index < -0.39 is 20.0 Å². The molecule has 1 aromatic carbocycles. The Morgan fingerprint density at radius 2 is 1.80 bits per heavy atom. The first-order valence-corrected chi connectivity index (χ1v) is 13.5. The third-order valence-electron chi connectivity index (χ3n) is 5.81. The van der Waals surface area contributed by atoms with E-state index in [1.807, 2.05) is 4.90 Å². The van der Waals surface area contributed by atoms with Crippen LogP contribution in [0.4, 0.5) is 5.69 Å². The van der Waals surface area contributed by atoms with Gasteiger partial charge in [-0.25, -0.2) is 12.7 Å². The molecule has 11 heteroatoms. The van der Waals surface area contributed by atoms with Crippen LogP contribution in [0.2, 0.25) is 0 Å². The standard InChI is InChI=1S/C19H26N4O5S2/c1-29(25,26)22-10-5-9-21(12-13-22)19(24)15-7-8-16-17(14-15)30(27,28)20-18-6-3-2-4-11-23(16)18/h7-8,14H,2-6,9-13H2,1H3. The number of nitrogens with zero attached hydrogens (tertiary/aromatic N) is 4. The third-order valence-corrected chi connectivity index (χ3v) is 8.44. The van der Waals surface area contributed by atoms with E-state index in [2.05, 4.69) is 4.40 Å². The quantitative estimate of drug-likeness (QED) is 0.666. The number of anilines is 1. The van der Waals surface area contributed by atoms with Crippen molar-refractivity contribution in [2.45, 2.75) is 37.0 Å². The predicted molar refractivity (Wildman–Crippen MR) is 114 cm³/mol. The lowest BCUT2D eigenvalue weighted by atomic mass is 10.1. The van der Waals surface area contributed by atoms with Gasteiger partial charge in [0.05, 0.1) is 11.9 Å². The van der Waals surface area contributed by atoms with Gasteiger partial charge in [0.1, 0.15) is 10.7 Å². The van der Waals surface area contributed by atoms with Gasteiger partial charge in [-0.1, -0.05) is 6.42 Å². The molecule has 2 saturated heterocycles. The highest BCUT2D eigenvalue weighted by Gasteiger charge is 2.33. The monoisotopic (exact) mass is 454 g/mol. The van der Waals surface area contributed by atoms with Crippen molar-refractivity contribution < 1.29 is 21.6 Å². The predicted octanol–water partition coefficient (Wildman–Crippen LogP) is 1.28. The molecule has 30 heavy (non-hydrogen) atoms. The van der Waals surface area contributed by atoms with Gasteiger partial charge in [0.2, 0.25) is 10.0 Å². The van der Waals surface area contributed by atoms with Crippen LogP contribution in [0.25, 0.3) is 0 Å². The zero-order valence-corrected chi connectivity index (χ0v) is 18.6. The lowest BCUT2D eigenvalue weighted by molar-refractivity contribution is 0.0764. The van der Waals surface area contributed by atoms with E-state index in [-0.39, 0.29) is 29.5 Å². The van der Waals surface area contributed by atoms with Crippen molar-refractivity contribution >= 4 is 37.5 Å². The summed E-state index contributed by atoms with van der Waals surface area (Å²) < 4.78 is 54.6. The highest BCUT2D eigenvalue weighted by molar-refractivity contribution is 7.90. The van der Waals surface area contributed by atoms with E-state index in [1.165, 1.54) is 10.4 Å². The minimum atomic E-state index is -3.86. The van der Waals surface area contributed by atoms with E-state index >= 15 is 0 Å². The Morgan fingerprint density at radius 3 is 2.57 bits per heavy atom. The number of hydrogen-bond acceptors (Lipinski definition) is 6. The molecule has 0 spiro atoms. The molecule has 4 rings (SSSR count). The molecule has 0 bridgehead atoms. The van der Waals surface area contributed by atoms with Gasteiger partial charge >= 0.3 is 0 Å². The Morgan fingerprint density at radius 1 is 1.00 bits per heavy atom. The number of sulfonamides is 2. The molecule has 1 aromatic rings. The van der Waals surface area contributed by atoms with Crippen LogP contribution in [0.3, 0.4) is 0 Å². The van der Waals surface area contributed by atoms with Crippen LogP contribution >= 0.6 is 0 Å². The normalized spacial score (nSPS) is 22.4. The fourth-order valence-corrected chi connectivity index (χ4v) is 6.38. The van der Waals surface area contributed by atoms with Crippen molar-refractivity contribution in [3.05, 3.63) is 23.8 Å². The molecule has 3 aliphatic rings. The van der Waals surface area contributed by atoms with Crippen LogP contribution in [-0.4, -0.2) is 76.8 Å². The smallest absolute Gasteiger partial charge is 0.286 e. The first-order chi connectivity index (χ1) is 14.2. The van der Waals surface area contributed by atoms with Gasteiger partial charge in [0.25, 0.3) is 15.9 Å². The molecule has 0 aromatic heterocycles. The summed E-state index contributed by atoms with van der Waals surface area (Å²) in [5.74, 6) is 0.279. The van der Waals surface area contributed by atoms with Crippen LogP contribution in [0.15, 0.2) is 27.5 Å². The summed E-state index contributed by atoms with van der Waals surface area (Å²) in [6.07, 6.45) is 5.23. The van der Waals surface area contributed by atoms with Crippen molar-refractivity contribution in [3.8, 4) is 0 Å². The molecule has 3 heterocycles. The summed E-state index contributed by atoms with van der Waals surface area (Å²) >= 11 is 0. The van der Waals surface area contributed by atoms with Crippen LogP contribution in [0.1, 0.15) is 42.5 Å². The largest absolute Gasteiger partial charge is 0.337 e. The van der Waals surface area contributed by atoms with Crippen molar-refractivity contribution in [2.75, 3.05) is 43.9 Å². The number of fused-ring (bicyclic) bond motifs is 3. The number of rotatable bonds is 2. The summed E-state index contributed by atoms with van der Waals surface area (Å²) in [5.41, 5.74) is 0.858. The van der Waals surface area contributed by atoms with Crippen molar-refractivity contribution in [2.24, 2.45) is 4.40 Å². The zero-order valence-electron chi connectivity index (χ0n) is 16.9. The Labute approximate surface area is 177 Å². The zero-order chi connectivity index (χ0) is 21.5. The first kappa shape index (κ1) is 21.3. The third kappa shape index (κ3) is 4.10. The summed E-state index contributed by atoms with van der Waals surface area (Å²) in [7, 11) is -7.17. The van der Waals surface area contributed by atoms with Crippen LogP contribution in [0.5, 0.6) is 0 Å². The molecule has 1 amide bonds. The Bertz CT molecular complexity index is 1100. The first-order valence-electron chi connectivity index (χ1n) is 10.2. The Balaban J connectivity index is 1.61. The van der Waals surface area contributed by atoms with E-state index in [9.17, 15) is 21.6 Å². The van der Waals surface area contributed by atoms with Gasteiger partial charge in [0, 0.05) is 44.7 Å². The SMILES string of the molecule is CS(=O)(=O)N1CCCN(C(=O)c2ccc3c(c2)S(=O)(=O)N=C2CCCCCN23)CC1. The molecule has 0 aliphatic carbocycles. The molecule has 0 radical (unpaired) electrons. The fourth-order valence-electron chi connectivity index (χ4n) is 4.22. The second-order valence-electron chi connectivity index (χ2n) is 7.94. The Hall–Kier alpha value is -1.98. The number of benzene rings is 1. The Kier molecular flexibility index (Phi) is 5.62. The molecule has 0 N–H and O–H groups in total. The van der Waals surface area contributed by atoms with Gasteiger partial charge in [-0.05, 0) is 37.5 Å². The molecular weight excluding hydrogens is 428 g/mol. The summed E-state index contributed by atoms with van der Waals surface area (Å²) in [6.45, 7) is 2.00. The van der Waals surface area contributed by atoms with Gasteiger partial charge in [-0.3, -0.25) is 4.79 Å². The van der Waals surface area contributed by atoms with Crippen molar-refractivity contribution in [1.82, 2.24) is 9.21 Å². The van der Waals surface area contributed by atoms with Crippen LogP contribution in [-0.2, 0) is 20.0 Å². The highest BCUT2D eigenvalue weighted by Crippen LogP contribution is 2.35. The van der Waals surface area contributed by atoms with E-state index in [0.717, 1.165) is 25.5 Å². The second-order valence-corrected chi connectivity index (χ2v) is 11.5. The van der Waals surface area contributed by atoms with Crippen LogP contribution < -0.4 is 4.90 Å². The van der Waals surface area contributed by atoms with Crippen molar-refractivity contribution in [3.63, 3.8) is 0 Å². The molecule has 3 aliphatic heterocycles. The maximum atomic E-state index is 13.1. The molecule has 9 nitrogen and oxygen atoms in total. The van der Waals surface area contributed by atoms with Gasteiger partial charge in [-0.15, -0.1) is 4.40 Å². The number of carbonyl (C=O) groups is 1. The molecular formula is C19H26N4O5S2. The van der Waals surface area contributed by atoms with Gasteiger partial charge in [0.15, 0.2) is 0 Å². The van der Waals surface area contributed by atoms with E-state index in [0.29, 0.717) is 44.0 Å². The molecule has 0 unspecified atom stereocenters. The average Bonchev–Trinajstić information content (AvgIpc) is 3.07. The lowest BCUT2D eigenvalue weighted by Crippen LogP contribution is -2.37. The van der Waals surface area contributed by atoms with Gasteiger partial charge < -0.3 is 9.80 Å². The van der Waals surface area contributed by atoms with Gasteiger partial charge in [-0.2, -0.15) is 8.42 Å². The number of amides is 1. The maximum absolute atomic E-state index is 13.1. The molecule has 2 fully saturated rings. The molecule has 0 saturated carbocycles. The molecule has 0 atom stereocenters. The summed E-state index contributed by atoms with van der Waals surface area (Å²) in [6, 6.07) is 4.77.